The molecule has 5 rings (SSSR count). The number of aldehydes is 1. The lowest BCUT2D eigenvalue weighted by Crippen LogP contribution is -2.22. The Kier molecular flexibility index (Phi) is 4.66. The van der Waals surface area contributed by atoms with Gasteiger partial charge in [0.25, 0.3) is 5.91 Å². The minimum Gasteiger partial charge on any atom is -0.357 e. The predicted molar refractivity (Wildman–Crippen MR) is 102 cm³/mol. The van der Waals surface area contributed by atoms with Crippen LogP contribution in [0.5, 0.6) is 0 Å². The van der Waals surface area contributed by atoms with Gasteiger partial charge in [-0.05, 0) is 31.4 Å². The number of hydrogen-bond donors (Lipinski definition) is 2. The summed E-state index contributed by atoms with van der Waals surface area (Å²) in [6.07, 6.45) is 4.29. The zero-order chi connectivity index (χ0) is 18.8. The van der Waals surface area contributed by atoms with Crippen molar-refractivity contribution in [3.05, 3.63) is 47.3 Å². The van der Waals surface area contributed by atoms with E-state index in [-0.39, 0.29) is 5.91 Å². The number of hydrogen-bond acceptors (Lipinski definition) is 5. The van der Waals surface area contributed by atoms with E-state index in [1.807, 2.05) is 35.9 Å². The van der Waals surface area contributed by atoms with E-state index < -0.39 is 0 Å². The summed E-state index contributed by atoms with van der Waals surface area (Å²) in [6, 6.07) is 9.34. The summed E-state index contributed by atoms with van der Waals surface area (Å²) in [5.41, 5.74) is 3.38. The molecule has 0 spiro atoms. The van der Waals surface area contributed by atoms with Gasteiger partial charge in [-0.15, -0.1) is 0 Å². The molecule has 0 bridgehead atoms. The summed E-state index contributed by atoms with van der Waals surface area (Å²) in [4.78, 5) is 22.6. The number of aryl methyl sites for hydroxylation is 1. The van der Waals surface area contributed by atoms with E-state index in [1.165, 1.54) is 12.8 Å². The average Bonchev–Trinajstić information content (AvgIpc) is 3.37. The Bertz CT molecular complexity index is 984. The third kappa shape index (κ3) is 3.58. The summed E-state index contributed by atoms with van der Waals surface area (Å²) in [7, 11) is 1.83. The van der Waals surface area contributed by atoms with E-state index in [4.69, 9.17) is 4.52 Å². The second-order valence-electron chi connectivity index (χ2n) is 6.87. The molecule has 7 nitrogen and oxygen atoms in total. The first-order valence-corrected chi connectivity index (χ1v) is 9.20. The van der Waals surface area contributed by atoms with Crippen molar-refractivity contribution in [2.75, 3.05) is 18.9 Å². The Balaban J connectivity index is 0.000000153. The molecule has 0 unspecified atom stereocenters. The number of carbonyl (C=O) groups is 2. The van der Waals surface area contributed by atoms with Crippen LogP contribution in [0.1, 0.15) is 51.7 Å². The van der Waals surface area contributed by atoms with Crippen molar-refractivity contribution in [1.29, 1.82) is 0 Å². The van der Waals surface area contributed by atoms with Crippen molar-refractivity contribution in [3.8, 4) is 0 Å². The molecule has 0 radical (unpaired) electrons. The Hall–Kier alpha value is -3.09. The topological polar surface area (TPSA) is 89.2 Å². The molecule has 1 aliphatic carbocycles. The quantitative estimate of drug-likeness (QED) is 0.695. The van der Waals surface area contributed by atoms with Gasteiger partial charge in [0.05, 0.1) is 5.69 Å². The highest BCUT2D eigenvalue weighted by Crippen LogP contribution is 2.39. The molecule has 1 fully saturated rings. The van der Waals surface area contributed by atoms with Crippen molar-refractivity contribution >= 4 is 29.0 Å². The van der Waals surface area contributed by atoms with Crippen LogP contribution in [-0.2, 0) is 6.54 Å². The first-order valence-electron chi connectivity index (χ1n) is 9.20. The summed E-state index contributed by atoms with van der Waals surface area (Å²) in [6.45, 7) is 1.51. The summed E-state index contributed by atoms with van der Waals surface area (Å²) in [5.74, 6) is 1.42. The van der Waals surface area contributed by atoms with Gasteiger partial charge in [0.1, 0.15) is 12.0 Å². The highest BCUT2D eigenvalue weighted by atomic mass is 16.5. The largest absolute Gasteiger partial charge is 0.357 e. The van der Waals surface area contributed by atoms with E-state index >= 15 is 0 Å². The lowest BCUT2D eigenvalue weighted by molar-refractivity contribution is 0.0951. The van der Waals surface area contributed by atoms with Gasteiger partial charge in [0, 0.05) is 48.6 Å². The molecule has 7 heteroatoms. The number of fused-ring (bicyclic) bond motifs is 3. The fourth-order valence-corrected chi connectivity index (χ4v) is 3.28. The van der Waals surface area contributed by atoms with E-state index in [9.17, 15) is 9.59 Å². The zero-order valence-electron chi connectivity index (χ0n) is 15.2. The number of rotatable bonds is 3. The van der Waals surface area contributed by atoms with E-state index in [0.29, 0.717) is 23.7 Å². The van der Waals surface area contributed by atoms with Gasteiger partial charge >= 0.3 is 0 Å². The number of nitrogens with one attached hydrogen (secondary N) is 2. The maximum absolute atomic E-state index is 11.8. The fraction of sp³-hybridized carbons (Fsp3) is 0.350. The number of carbonyl (C=O) groups excluding carboxylic acids is 2. The normalized spacial score (nSPS) is 16.0. The van der Waals surface area contributed by atoms with Crippen molar-refractivity contribution in [3.63, 3.8) is 0 Å². The molecule has 1 aliphatic heterocycles. The van der Waals surface area contributed by atoms with Gasteiger partial charge in [-0.1, -0.05) is 17.3 Å². The van der Waals surface area contributed by atoms with Gasteiger partial charge in [0.2, 0.25) is 5.88 Å². The second kappa shape index (κ2) is 7.26. The molecule has 140 valence electrons. The maximum Gasteiger partial charge on any atom is 0.267 e. The van der Waals surface area contributed by atoms with Gasteiger partial charge in [-0.2, -0.15) is 0 Å². The molecular formula is C20H22N4O3. The smallest absolute Gasteiger partial charge is 0.267 e. The van der Waals surface area contributed by atoms with Crippen molar-refractivity contribution < 1.29 is 14.1 Å². The van der Waals surface area contributed by atoms with Gasteiger partial charge in [0.15, 0.2) is 0 Å². The molecule has 2 aliphatic rings. The predicted octanol–water partition coefficient (Wildman–Crippen LogP) is 3.18. The summed E-state index contributed by atoms with van der Waals surface area (Å²) < 4.78 is 6.94. The molecule has 2 aromatic heterocycles. The van der Waals surface area contributed by atoms with Gasteiger partial charge < -0.3 is 19.7 Å². The van der Waals surface area contributed by atoms with Crippen molar-refractivity contribution in [2.45, 2.75) is 31.7 Å². The Labute approximate surface area is 156 Å². The fourth-order valence-electron chi connectivity index (χ4n) is 3.28. The van der Waals surface area contributed by atoms with Crippen LogP contribution in [0.2, 0.25) is 0 Å². The van der Waals surface area contributed by atoms with Gasteiger partial charge in [-0.25, -0.2) is 0 Å². The minimum absolute atomic E-state index is 0.0358. The monoisotopic (exact) mass is 366 g/mol. The van der Waals surface area contributed by atoms with Crippen molar-refractivity contribution in [1.82, 2.24) is 15.0 Å². The second-order valence-corrected chi connectivity index (χ2v) is 6.87. The molecule has 0 saturated heterocycles. The number of amides is 1. The summed E-state index contributed by atoms with van der Waals surface area (Å²) in [5, 5.41) is 10.7. The molecule has 27 heavy (non-hydrogen) atoms. The number of aromatic nitrogens is 2. The lowest BCUT2D eigenvalue weighted by Gasteiger charge is -2.04. The first kappa shape index (κ1) is 17.3. The van der Waals surface area contributed by atoms with E-state index in [2.05, 4.69) is 15.8 Å². The highest BCUT2D eigenvalue weighted by molar-refractivity contribution is 6.00. The molecule has 0 atom stereocenters. The van der Waals surface area contributed by atoms with Crippen LogP contribution >= 0.6 is 0 Å². The van der Waals surface area contributed by atoms with Crippen LogP contribution in [0.4, 0.5) is 5.88 Å². The van der Waals surface area contributed by atoms with Crippen LogP contribution in [0, 0.1) is 0 Å². The van der Waals surface area contributed by atoms with Crippen LogP contribution in [0.25, 0.3) is 10.9 Å². The zero-order valence-corrected chi connectivity index (χ0v) is 15.2. The average molecular weight is 366 g/mol. The van der Waals surface area contributed by atoms with Gasteiger partial charge in [-0.3, -0.25) is 9.59 Å². The number of anilines is 1. The highest BCUT2D eigenvalue weighted by Gasteiger charge is 2.26. The van der Waals surface area contributed by atoms with E-state index in [0.717, 1.165) is 41.7 Å². The molecule has 1 amide bonds. The SMILES string of the molecule is CNc1cc(C2CC2)no1.O=Cc1ccc2cc3n(c2c1)CCCNC3=O. The Morgan fingerprint density at radius 1 is 1.30 bits per heavy atom. The minimum atomic E-state index is -0.0358. The summed E-state index contributed by atoms with van der Waals surface area (Å²) >= 11 is 0. The third-order valence-electron chi connectivity index (χ3n) is 4.91. The number of nitrogens with zero attached hydrogens (tertiary/aromatic N) is 2. The van der Waals surface area contributed by atoms with Crippen LogP contribution < -0.4 is 10.6 Å². The van der Waals surface area contributed by atoms with Crippen LogP contribution in [0.15, 0.2) is 34.9 Å². The lowest BCUT2D eigenvalue weighted by atomic mass is 10.2. The molecular weight excluding hydrogens is 344 g/mol. The molecule has 3 heterocycles. The van der Waals surface area contributed by atoms with Crippen LogP contribution in [0.3, 0.4) is 0 Å². The van der Waals surface area contributed by atoms with E-state index in [1.54, 1.807) is 6.07 Å². The molecule has 1 saturated carbocycles. The Morgan fingerprint density at radius 3 is 2.85 bits per heavy atom. The third-order valence-corrected chi connectivity index (χ3v) is 4.91. The molecule has 2 N–H and O–H groups in total. The first-order chi connectivity index (χ1) is 13.2. The van der Waals surface area contributed by atoms with Crippen molar-refractivity contribution in [2.24, 2.45) is 0 Å². The van der Waals surface area contributed by atoms with Crippen LogP contribution in [-0.4, -0.2) is 35.5 Å². The molecule has 3 aromatic rings. The standard InChI is InChI=1S/C13H12N2O2.C7H10N2O/c16-8-9-2-3-10-7-12-13(17)14-4-1-5-15(12)11(10)6-9;1-8-7-4-6(9-10-7)5-2-3-5/h2-3,6-8H,1,4-5H2,(H,14,17);4-5,8H,2-3H2,1H3. The molecule has 1 aromatic carbocycles. The Morgan fingerprint density at radius 2 is 2.15 bits per heavy atom. The number of benzene rings is 1. The maximum atomic E-state index is 11.8.